The molecule has 24 nitrogen and oxygen atoms in total. The van der Waals surface area contributed by atoms with Crippen molar-refractivity contribution in [3.8, 4) is 45.0 Å². The summed E-state index contributed by atoms with van der Waals surface area (Å²) >= 11 is 0. The van der Waals surface area contributed by atoms with Crippen LogP contribution in [0.4, 0.5) is 0 Å². The minimum Gasteiger partial charge on any atom is -0.304 e. The molecule has 4 N–H and O–H groups in total. The Balaban J connectivity index is 0.000000222. The maximum atomic E-state index is 10.3. The quantitative estimate of drug-likeness (QED) is 0.0475. The first-order valence-corrected chi connectivity index (χ1v) is 36.2. The third-order valence-corrected chi connectivity index (χ3v) is 16.5. The van der Waals surface area contributed by atoms with Crippen LogP contribution in [-0.4, -0.2) is 112 Å². The maximum absolute atomic E-state index is 10.3. The zero-order valence-corrected chi connectivity index (χ0v) is 68.3. The van der Waals surface area contributed by atoms with Gasteiger partial charge in [-0.2, -0.15) is 33.7 Å². The second kappa shape index (κ2) is 44.3. The molecular formula is C76H56Ir4N12O12S4-4. The summed E-state index contributed by atoms with van der Waals surface area (Å²) in [6.07, 6.45) is 15.6. The molecule has 0 saturated carbocycles. The monoisotopic (exact) mass is 2230 g/mol. The molecule has 0 unspecified atom stereocenters. The molecule has 0 bridgehead atoms. The van der Waals surface area contributed by atoms with Crippen LogP contribution in [-0.2, 0) is 121 Å². The fourth-order valence-electron chi connectivity index (χ4n) is 8.85. The van der Waals surface area contributed by atoms with E-state index in [2.05, 4.69) is 157 Å². The molecule has 0 fully saturated rings. The predicted molar refractivity (Wildman–Crippen MR) is 391 cm³/mol. The molecule has 0 aliphatic carbocycles. The number of rotatable bonds is 8. The van der Waals surface area contributed by atoms with Gasteiger partial charge in [-0.05, 0) is 90.1 Å². The molecule has 556 valence electrons. The van der Waals surface area contributed by atoms with Crippen LogP contribution in [0.25, 0.3) is 88.1 Å². The first-order valence-electron chi connectivity index (χ1n) is 30.4. The molecule has 0 amide bonds. The molecule has 16 aromatic rings. The molecule has 4 radical (unpaired) electrons. The smallest absolute Gasteiger partial charge is 0.304 e. The summed E-state index contributed by atoms with van der Waals surface area (Å²) < 4.78 is 116. The third-order valence-electron chi connectivity index (χ3n) is 13.7. The Bertz CT molecular complexity index is 5160. The maximum Gasteiger partial charge on any atom is 0.330 e. The van der Waals surface area contributed by atoms with Gasteiger partial charge in [0, 0.05) is 130 Å². The molecule has 32 heteroatoms. The van der Waals surface area contributed by atoms with Crippen LogP contribution in [0.1, 0.15) is 0 Å². The van der Waals surface area contributed by atoms with Crippen molar-refractivity contribution in [2.45, 2.75) is 20.4 Å². The van der Waals surface area contributed by atoms with Crippen molar-refractivity contribution in [1.82, 2.24) is 59.8 Å². The number of aromatic nitrogens is 12. The molecule has 0 saturated heterocycles. The second-order valence-electron chi connectivity index (χ2n) is 20.8. The topological polar surface area (TPSA) is 372 Å². The number of hydrogen-bond donors (Lipinski definition) is 4. The fourth-order valence-corrected chi connectivity index (χ4v) is 10.5. The van der Waals surface area contributed by atoms with E-state index in [-0.39, 0.29) is 90.5 Å². The van der Waals surface area contributed by atoms with E-state index < -0.39 is 50.8 Å². The molecule has 0 atom stereocenters. The molecule has 8 heterocycles. The number of fused-ring (bicyclic) bond motifs is 4. The van der Waals surface area contributed by atoms with Crippen molar-refractivity contribution in [3.05, 3.63) is 342 Å². The fraction of sp³-hybridized carbons (Fsp3) is 0. The summed E-state index contributed by atoms with van der Waals surface area (Å²) in [7, 11) is -16.8. The Morgan fingerprint density at radius 1 is 0.241 bits per heavy atom. The minimum atomic E-state index is -4.27. The Kier molecular flexibility index (Phi) is 36.3. The van der Waals surface area contributed by atoms with Crippen LogP contribution in [0.3, 0.4) is 0 Å². The van der Waals surface area contributed by atoms with E-state index in [1.807, 2.05) is 170 Å². The van der Waals surface area contributed by atoms with Gasteiger partial charge in [-0.25, -0.2) is 39.9 Å². The summed E-state index contributed by atoms with van der Waals surface area (Å²) in [5.41, 5.74) is 8.03. The zero-order valence-electron chi connectivity index (χ0n) is 55.4. The first kappa shape index (κ1) is 88.6. The van der Waals surface area contributed by atoms with E-state index in [4.69, 9.17) is 18.2 Å². The Morgan fingerprint density at radius 3 is 0.750 bits per heavy atom. The molecule has 8 aromatic heterocycles. The standard InChI is InChI=1S/4C15H10N.C5H5NO3S.2C4H4N2O3S.C3H3N3O3S.4Ir/c4*1-2-6-12(7-3-1)15-10-13-8-4-5-9-14(13)11-16-15;7-10(8,9)5-3-1-2-4-6-5;7-10(8,9)4-1-2-5-3-6-4;7-10(8,9)4-5-2-1-3-6-4;7-10(8,9)3-5-1-4-2-6-3;;;;/h4*1-6,8-11H;1-4H,(H,7,8,9);2*1-3H,(H,7,8,9);1-2H,(H,7,8,9);;;;/q4*-1;;;;;;;;. The van der Waals surface area contributed by atoms with Gasteiger partial charge >= 0.3 is 40.5 Å². The van der Waals surface area contributed by atoms with Crippen LogP contribution in [0.2, 0.25) is 0 Å². The normalized spacial score (nSPS) is 10.4. The van der Waals surface area contributed by atoms with E-state index in [1.54, 1.807) is 6.07 Å². The number of benzene rings is 8. The Hall–Kier alpha value is -10.0. The van der Waals surface area contributed by atoms with Crippen molar-refractivity contribution >= 4 is 83.6 Å². The summed E-state index contributed by atoms with van der Waals surface area (Å²) in [6, 6.07) is 92.5. The minimum absolute atomic E-state index is 0. The van der Waals surface area contributed by atoms with E-state index in [0.717, 1.165) is 70.1 Å². The predicted octanol–water partition coefficient (Wildman–Crippen LogP) is 13.7. The van der Waals surface area contributed by atoms with Gasteiger partial charge in [0.25, 0.3) is 10.3 Å². The first-order chi connectivity index (χ1) is 50.2. The molecule has 8 aromatic carbocycles. The van der Waals surface area contributed by atoms with Gasteiger partial charge in [0.15, 0.2) is 10.1 Å². The summed E-state index contributed by atoms with van der Waals surface area (Å²) in [6.45, 7) is 0. The van der Waals surface area contributed by atoms with Crippen LogP contribution in [0.5, 0.6) is 0 Å². The summed E-state index contributed by atoms with van der Waals surface area (Å²) in [4.78, 5) is 44.3. The largest absolute Gasteiger partial charge is 0.330 e. The van der Waals surface area contributed by atoms with Crippen LogP contribution in [0, 0.1) is 24.3 Å². The molecule has 0 aliphatic heterocycles. The van der Waals surface area contributed by atoms with Gasteiger partial charge in [-0.15, -0.1) is 144 Å². The van der Waals surface area contributed by atoms with Crippen molar-refractivity contribution < 1.29 is 132 Å². The Labute approximate surface area is 676 Å². The van der Waals surface area contributed by atoms with E-state index in [0.29, 0.717) is 0 Å². The van der Waals surface area contributed by atoms with Crippen molar-refractivity contribution in [1.29, 1.82) is 0 Å². The zero-order chi connectivity index (χ0) is 73.6. The SMILES string of the molecule is O=S(=O)(O)c1ccccn1.O=S(=O)(O)c1ccncn1.O=S(=O)(O)c1ncccn1.O=S(=O)(O)c1ncncn1.[Ir].[Ir].[Ir].[Ir].[c-]1ccccc1-c1cc2ccccc2cn1.[c-]1ccccc1-c1cc2ccccc2cn1.[c-]1ccccc1-c1cc2ccccc2cn1.[c-]1ccccc1-c1cc2ccccc2cn1. The van der Waals surface area contributed by atoms with Crippen LogP contribution < -0.4 is 0 Å². The molecular weight excluding hydrogens is 2170 g/mol. The van der Waals surface area contributed by atoms with E-state index >= 15 is 0 Å². The van der Waals surface area contributed by atoms with Gasteiger partial charge < -0.3 is 19.9 Å². The van der Waals surface area contributed by atoms with Crippen molar-refractivity contribution in [2.75, 3.05) is 0 Å². The number of nitrogens with zero attached hydrogens (tertiary/aromatic N) is 12. The molecule has 108 heavy (non-hydrogen) atoms. The van der Waals surface area contributed by atoms with Crippen LogP contribution in [0.15, 0.2) is 338 Å². The molecule has 0 spiro atoms. The van der Waals surface area contributed by atoms with E-state index in [1.165, 1.54) is 86.1 Å². The second-order valence-corrected chi connectivity index (χ2v) is 26.2. The Morgan fingerprint density at radius 2 is 0.519 bits per heavy atom. The summed E-state index contributed by atoms with van der Waals surface area (Å²) in [5.74, 6) is 0. The van der Waals surface area contributed by atoms with Gasteiger partial charge in [-0.1, -0.05) is 127 Å². The third kappa shape index (κ3) is 28.6. The van der Waals surface area contributed by atoms with Crippen molar-refractivity contribution in [3.63, 3.8) is 0 Å². The van der Waals surface area contributed by atoms with Gasteiger partial charge in [0.1, 0.15) is 19.0 Å². The summed E-state index contributed by atoms with van der Waals surface area (Å²) in [5, 5.41) is 7.60. The van der Waals surface area contributed by atoms with Gasteiger partial charge in [-0.3, -0.25) is 18.2 Å². The van der Waals surface area contributed by atoms with Crippen LogP contribution >= 0.6 is 0 Å². The number of hydrogen-bond acceptors (Lipinski definition) is 20. The average Bonchev–Trinajstić information content (AvgIpc) is 0.839. The molecule has 0 aliphatic rings. The van der Waals surface area contributed by atoms with E-state index in [9.17, 15) is 33.7 Å². The van der Waals surface area contributed by atoms with Gasteiger partial charge in [0.2, 0.25) is 0 Å². The molecule has 16 rings (SSSR count). The average molecular weight is 2230 g/mol. The number of pyridine rings is 5. The van der Waals surface area contributed by atoms with Crippen molar-refractivity contribution in [2.24, 2.45) is 0 Å². The van der Waals surface area contributed by atoms with Gasteiger partial charge in [0.05, 0.1) is 0 Å².